The highest BCUT2D eigenvalue weighted by molar-refractivity contribution is 5.95. The van der Waals surface area contributed by atoms with Gasteiger partial charge in [0, 0.05) is 22.7 Å². The molecule has 2 rings (SSSR count). The van der Waals surface area contributed by atoms with Crippen LogP contribution in [-0.4, -0.2) is 11.6 Å². The van der Waals surface area contributed by atoms with Gasteiger partial charge >= 0.3 is 0 Å². The third-order valence-corrected chi connectivity index (χ3v) is 4.54. The Kier molecular flexibility index (Phi) is 3.27. The van der Waals surface area contributed by atoms with Gasteiger partial charge in [-0.25, -0.2) is 0 Å². The standard InChI is InChI=1S/C17H26O2/c1-16(2,3)14(18)12-10-7-8-11(9-10)13(12)15(19)17(4,5)6/h7-8,10-13H,9H2,1-6H3. The van der Waals surface area contributed by atoms with Crippen LogP contribution in [0.4, 0.5) is 0 Å². The fourth-order valence-electron chi connectivity index (χ4n) is 3.54. The number of rotatable bonds is 2. The molecule has 0 aromatic rings. The van der Waals surface area contributed by atoms with Crippen molar-refractivity contribution in [2.75, 3.05) is 0 Å². The maximum Gasteiger partial charge on any atom is 0.142 e. The van der Waals surface area contributed by atoms with Gasteiger partial charge in [0.15, 0.2) is 0 Å². The Morgan fingerprint density at radius 3 is 1.37 bits per heavy atom. The molecule has 1 fully saturated rings. The maximum atomic E-state index is 12.7. The fourth-order valence-corrected chi connectivity index (χ4v) is 3.54. The van der Waals surface area contributed by atoms with Gasteiger partial charge in [-0.05, 0) is 18.3 Å². The molecular weight excluding hydrogens is 236 g/mol. The molecule has 4 unspecified atom stereocenters. The number of ketones is 2. The summed E-state index contributed by atoms with van der Waals surface area (Å²) in [5, 5.41) is 0. The zero-order chi connectivity index (χ0) is 14.6. The summed E-state index contributed by atoms with van der Waals surface area (Å²) in [6.45, 7) is 11.8. The van der Waals surface area contributed by atoms with E-state index in [2.05, 4.69) is 12.2 Å². The molecule has 4 atom stereocenters. The molecule has 0 aliphatic heterocycles. The van der Waals surface area contributed by atoms with Crippen molar-refractivity contribution in [3.05, 3.63) is 12.2 Å². The first-order chi connectivity index (χ1) is 8.53. The normalized spacial score (nSPS) is 33.8. The number of fused-ring (bicyclic) bond motifs is 2. The predicted octanol–water partition coefficient (Wildman–Crippen LogP) is 3.66. The molecular formula is C17H26O2. The van der Waals surface area contributed by atoms with E-state index >= 15 is 0 Å². The summed E-state index contributed by atoms with van der Waals surface area (Å²) in [5.74, 6) is 0.892. The number of carbonyl (C=O) groups is 2. The van der Waals surface area contributed by atoms with Gasteiger partial charge in [0.1, 0.15) is 11.6 Å². The van der Waals surface area contributed by atoms with Crippen molar-refractivity contribution in [2.45, 2.75) is 48.0 Å². The van der Waals surface area contributed by atoms with Gasteiger partial charge in [-0.2, -0.15) is 0 Å². The SMILES string of the molecule is CC(C)(C)C(=O)C1C2C=CC(C2)C1C(=O)C(C)(C)C. The van der Waals surface area contributed by atoms with Crippen molar-refractivity contribution in [1.82, 2.24) is 0 Å². The zero-order valence-electron chi connectivity index (χ0n) is 13.0. The first-order valence-corrected chi connectivity index (χ1v) is 7.30. The molecule has 0 amide bonds. The van der Waals surface area contributed by atoms with Gasteiger partial charge in [-0.1, -0.05) is 53.7 Å². The maximum absolute atomic E-state index is 12.7. The summed E-state index contributed by atoms with van der Waals surface area (Å²) in [6.07, 6.45) is 5.30. The topological polar surface area (TPSA) is 34.1 Å². The smallest absolute Gasteiger partial charge is 0.142 e. The Hall–Kier alpha value is -0.920. The second-order valence-corrected chi connectivity index (χ2v) is 8.23. The van der Waals surface area contributed by atoms with Crippen LogP contribution < -0.4 is 0 Å². The molecule has 0 saturated heterocycles. The first kappa shape index (κ1) is 14.5. The molecule has 2 aliphatic carbocycles. The van der Waals surface area contributed by atoms with Crippen molar-refractivity contribution in [1.29, 1.82) is 0 Å². The highest BCUT2D eigenvalue weighted by Crippen LogP contribution is 2.52. The van der Waals surface area contributed by atoms with E-state index in [1.54, 1.807) is 0 Å². The first-order valence-electron chi connectivity index (χ1n) is 7.30. The molecule has 0 heterocycles. The van der Waals surface area contributed by atoms with Gasteiger partial charge in [0.05, 0.1) is 0 Å². The number of carbonyl (C=O) groups excluding carboxylic acids is 2. The van der Waals surface area contributed by atoms with Crippen LogP contribution in [-0.2, 0) is 9.59 Å². The average molecular weight is 262 g/mol. The lowest BCUT2D eigenvalue weighted by molar-refractivity contribution is -0.141. The van der Waals surface area contributed by atoms with E-state index in [1.807, 2.05) is 41.5 Å². The quantitative estimate of drug-likeness (QED) is 0.712. The van der Waals surface area contributed by atoms with Gasteiger partial charge in [0.25, 0.3) is 0 Å². The summed E-state index contributed by atoms with van der Waals surface area (Å²) in [6, 6.07) is 0. The third-order valence-electron chi connectivity index (χ3n) is 4.54. The summed E-state index contributed by atoms with van der Waals surface area (Å²) >= 11 is 0. The summed E-state index contributed by atoms with van der Waals surface area (Å²) < 4.78 is 0. The van der Waals surface area contributed by atoms with Crippen LogP contribution in [0.2, 0.25) is 0 Å². The summed E-state index contributed by atoms with van der Waals surface area (Å²) in [7, 11) is 0. The minimum atomic E-state index is -0.362. The molecule has 0 aromatic heterocycles. The lowest BCUT2D eigenvalue weighted by Crippen LogP contribution is -2.42. The molecule has 106 valence electrons. The van der Waals surface area contributed by atoms with Crippen LogP contribution in [0, 0.1) is 34.5 Å². The minimum Gasteiger partial charge on any atom is -0.299 e. The highest BCUT2D eigenvalue weighted by atomic mass is 16.1. The number of allylic oxidation sites excluding steroid dienone is 2. The second-order valence-electron chi connectivity index (χ2n) is 8.23. The molecule has 1 saturated carbocycles. The predicted molar refractivity (Wildman–Crippen MR) is 76.6 cm³/mol. The van der Waals surface area contributed by atoms with Gasteiger partial charge in [0.2, 0.25) is 0 Å². The second kappa shape index (κ2) is 4.29. The Morgan fingerprint density at radius 1 is 0.789 bits per heavy atom. The number of hydrogen-bond donors (Lipinski definition) is 0. The van der Waals surface area contributed by atoms with Crippen LogP contribution >= 0.6 is 0 Å². The zero-order valence-corrected chi connectivity index (χ0v) is 13.0. The lowest BCUT2D eigenvalue weighted by Gasteiger charge is -2.34. The van der Waals surface area contributed by atoms with E-state index < -0.39 is 0 Å². The number of hydrogen-bond acceptors (Lipinski definition) is 2. The van der Waals surface area contributed by atoms with Crippen molar-refractivity contribution < 1.29 is 9.59 Å². The van der Waals surface area contributed by atoms with Crippen molar-refractivity contribution >= 4 is 11.6 Å². The van der Waals surface area contributed by atoms with Gasteiger partial charge in [-0.15, -0.1) is 0 Å². The van der Waals surface area contributed by atoms with Crippen molar-refractivity contribution in [3.8, 4) is 0 Å². The van der Waals surface area contributed by atoms with Crippen LogP contribution in [0.3, 0.4) is 0 Å². The molecule has 19 heavy (non-hydrogen) atoms. The molecule has 2 heteroatoms. The van der Waals surface area contributed by atoms with E-state index in [0.29, 0.717) is 0 Å². The Labute approximate surface area is 116 Å². The van der Waals surface area contributed by atoms with Gasteiger partial charge in [-0.3, -0.25) is 9.59 Å². The van der Waals surface area contributed by atoms with E-state index in [4.69, 9.17) is 0 Å². The van der Waals surface area contributed by atoms with Crippen LogP contribution in [0.25, 0.3) is 0 Å². The Bertz CT molecular complexity index is 391. The molecule has 2 nitrogen and oxygen atoms in total. The van der Waals surface area contributed by atoms with E-state index in [9.17, 15) is 9.59 Å². The molecule has 0 aromatic carbocycles. The van der Waals surface area contributed by atoms with Crippen molar-refractivity contribution in [2.24, 2.45) is 34.5 Å². The highest BCUT2D eigenvalue weighted by Gasteiger charge is 2.54. The monoisotopic (exact) mass is 262 g/mol. The largest absolute Gasteiger partial charge is 0.299 e. The molecule has 0 radical (unpaired) electrons. The number of Topliss-reactive ketones (excluding diaryl/α,β-unsaturated/α-hetero) is 2. The van der Waals surface area contributed by atoms with E-state index in [1.165, 1.54) is 0 Å². The summed E-state index contributed by atoms with van der Waals surface area (Å²) in [5.41, 5.74) is -0.723. The minimum absolute atomic E-state index is 0.0956. The molecule has 2 aliphatic rings. The third kappa shape index (κ3) is 2.42. The fraction of sp³-hybridized carbons (Fsp3) is 0.765. The lowest BCUT2D eigenvalue weighted by atomic mass is 9.67. The van der Waals surface area contributed by atoms with Crippen LogP contribution in [0.5, 0.6) is 0 Å². The van der Waals surface area contributed by atoms with Gasteiger partial charge < -0.3 is 0 Å². The molecule has 0 spiro atoms. The van der Waals surface area contributed by atoms with E-state index in [0.717, 1.165) is 6.42 Å². The van der Waals surface area contributed by atoms with Crippen molar-refractivity contribution in [3.63, 3.8) is 0 Å². The average Bonchev–Trinajstić information content (AvgIpc) is 2.83. The Balaban J connectivity index is 2.34. The van der Waals surface area contributed by atoms with E-state index in [-0.39, 0.29) is 46.1 Å². The Morgan fingerprint density at radius 2 is 1.11 bits per heavy atom. The van der Waals surface area contributed by atoms with Crippen LogP contribution in [0.15, 0.2) is 12.2 Å². The summed E-state index contributed by atoms with van der Waals surface area (Å²) in [4.78, 5) is 25.4. The molecule has 0 N–H and O–H groups in total. The molecule has 2 bridgehead atoms. The van der Waals surface area contributed by atoms with Crippen LogP contribution in [0.1, 0.15) is 48.0 Å².